The minimum Gasteiger partial charge on any atom is -0.497 e. The number of pyridine rings is 2. The van der Waals surface area contributed by atoms with Crippen LogP contribution in [0.5, 0.6) is 11.5 Å². The normalized spacial score (nSPS) is 11.8. The molecule has 3 heterocycles. The summed E-state index contributed by atoms with van der Waals surface area (Å²) in [4.78, 5) is 21.5. The molecule has 0 saturated carbocycles. The van der Waals surface area contributed by atoms with Crippen molar-refractivity contribution >= 4 is 16.9 Å². The van der Waals surface area contributed by atoms with Crippen molar-refractivity contribution in [3.05, 3.63) is 72.7 Å². The van der Waals surface area contributed by atoms with Gasteiger partial charge >= 0.3 is 0 Å². The van der Waals surface area contributed by atoms with Crippen LogP contribution in [0.4, 0.5) is 0 Å². The Balaban J connectivity index is 1.53. The number of ether oxygens (including phenoxy) is 2. The number of hydrogen-bond acceptors (Lipinski definition) is 5. The molecule has 1 atom stereocenters. The third kappa shape index (κ3) is 4.42. The van der Waals surface area contributed by atoms with Gasteiger partial charge in [0.05, 0.1) is 26.0 Å². The highest BCUT2D eigenvalue weighted by atomic mass is 16.5. The predicted octanol–water partition coefficient (Wildman–Crippen LogP) is 4.38. The van der Waals surface area contributed by atoms with Crippen LogP contribution in [-0.2, 0) is 11.3 Å². The first-order chi connectivity index (χ1) is 15.6. The fraction of sp³-hybridized carbons (Fsp3) is 0.240. The molecule has 3 aromatic heterocycles. The monoisotopic (exact) mass is 430 g/mol. The predicted molar refractivity (Wildman–Crippen MR) is 124 cm³/mol. The SMILES string of the molecule is COc1ccc(OC)c(C(C)NC(=O)CCn2c(-c3ccncc3)cc3cccnc32)c1. The molecule has 4 aromatic rings. The van der Waals surface area contributed by atoms with Gasteiger partial charge in [-0.15, -0.1) is 0 Å². The molecule has 32 heavy (non-hydrogen) atoms. The number of nitrogens with one attached hydrogen (secondary N) is 1. The lowest BCUT2D eigenvalue weighted by Gasteiger charge is -2.18. The van der Waals surface area contributed by atoms with Crippen molar-refractivity contribution in [2.45, 2.75) is 25.9 Å². The van der Waals surface area contributed by atoms with E-state index in [1.165, 1.54) is 0 Å². The van der Waals surface area contributed by atoms with Crippen molar-refractivity contribution in [1.82, 2.24) is 19.9 Å². The quantitative estimate of drug-likeness (QED) is 0.449. The molecular weight excluding hydrogens is 404 g/mol. The van der Waals surface area contributed by atoms with E-state index in [0.717, 1.165) is 27.9 Å². The van der Waals surface area contributed by atoms with E-state index in [1.807, 2.05) is 49.4 Å². The Kier molecular flexibility index (Phi) is 6.35. The lowest BCUT2D eigenvalue weighted by Crippen LogP contribution is -2.27. The van der Waals surface area contributed by atoms with Crippen molar-refractivity contribution in [3.8, 4) is 22.8 Å². The number of carbonyl (C=O) groups is 1. The zero-order valence-electron chi connectivity index (χ0n) is 18.4. The number of aromatic nitrogens is 3. The maximum atomic E-state index is 12.8. The van der Waals surface area contributed by atoms with E-state index in [9.17, 15) is 4.79 Å². The second kappa shape index (κ2) is 9.51. The molecule has 4 rings (SSSR count). The van der Waals surface area contributed by atoms with Gasteiger partial charge in [0.1, 0.15) is 17.1 Å². The molecule has 0 aliphatic rings. The van der Waals surface area contributed by atoms with E-state index in [-0.39, 0.29) is 11.9 Å². The molecule has 0 spiro atoms. The second-order valence-corrected chi connectivity index (χ2v) is 7.48. The largest absolute Gasteiger partial charge is 0.497 e. The summed E-state index contributed by atoms with van der Waals surface area (Å²) in [6.45, 7) is 2.44. The lowest BCUT2D eigenvalue weighted by molar-refractivity contribution is -0.121. The van der Waals surface area contributed by atoms with Gasteiger partial charge in [0, 0.05) is 48.1 Å². The highest BCUT2D eigenvalue weighted by molar-refractivity contribution is 5.84. The Morgan fingerprint density at radius 1 is 1.06 bits per heavy atom. The van der Waals surface area contributed by atoms with Crippen molar-refractivity contribution in [3.63, 3.8) is 0 Å². The van der Waals surface area contributed by atoms with Gasteiger partial charge < -0.3 is 19.4 Å². The van der Waals surface area contributed by atoms with E-state index in [2.05, 4.69) is 25.9 Å². The third-order valence-corrected chi connectivity index (χ3v) is 5.47. The van der Waals surface area contributed by atoms with Crippen LogP contribution in [0.2, 0.25) is 0 Å². The zero-order chi connectivity index (χ0) is 22.5. The van der Waals surface area contributed by atoms with Gasteiger partial charge in [-0.2, -0.15) is 0 Å². The van der Waals surface area contributed by atoms with Gasteiger partial charge in [0.25, 0.3) is 0 Å². The van der Waals surface area contributed by atoms with Crippen LogP contribution in [0, 0.1) is 0 Å². The summed E-state index contributed by atoms with van der Waals surface area (Å²) in [6, 6.07) is 15.3. The van der Waals surface area contributed by atoms with Crippen LogP contribution in [0.1, 0.15) is 24.9 Å². The van der Waals surface area contributed by atoms with E-state index in [4.69, 9.17) is 9.47 Å². The van der Waals surface area contributed by atoms with Gasteiger partial charge in [-0.3, -0.25) is 9.78 Å². The standard InChI is InChI=1S/C25H26N4O3/c1-17(21-16-20(31-2)6-7-23(21)32-3)28-24(30)10-14-29-22(18-8-12-26-13-9-18)15-19-5-4-11-27-25(19)29/h4-9,11-13,15-17H,10,14H2,1-3H3,(H,28,30). The van der Waals surface area contributed by atoms with Crippen LogP contribution in [0.15, 0.2) is 67.1 Å². The van der Waals surface area contributed by atoms with Crippen LogP contribution >= 0.6 is 0 Å². The summed E-state index contributed by atoms with van der Waals surface area (Å²) in [6.07, 6.45) is 5.61. The number of amides is 1. The van der Waals surface area contributed by atoms with Gasteiger partial charge in [-0.25, -0.2) is 4.98 Å². The van der Waals surface area contributed by atoms with E-state index in [0.29, 0.717) is 24.5 Å². The average Bonchev–Trinajstić information content (AvgIpc) is 3.21. The molecule has 0 fully saturated rings. The lowest BCUT2D eigenvalue weighted by atomic mass is 10.1. The molecule has 0 aliphatic heterocycles. The van der Waals surface area contributed by atoms with E-state index >= 15 is 0 Å². The number of benzene rings is 1. The molecule has 0 saturated heterocycles. The zero-order valence-corrected chi connectivity index (χ0v) is 18.4. The summed E-state index contributed by atoms with van der Waals surface area (Å²) in [5, 5.41) is 4.11. The van der Waals surface area contributed by atoms with Gasteiger partial charge in [-0.1, -0.05) is 0 Å². The Hall–Kier alpha value is -3.87. The highest BCUT2D eigenvalue weighted by Crippen LogP contribution is 2.30. The Morgan fingerprint density at radius 2 is 1.88 bits per heavy atom. The molecule has 164 valence electrons. The molecule has 0 radical (unpaired) electrons. The molecular formula is C25H26N4O3. The number of aryl methyl sites for hydroxylation is 1. The first-order valence-corrected chi connectivity index (χ1v) is 10.5. The highest BCUT2D eigenvalue weighted by Gasteiger charge is 2.17. The summed E-state index contributed by atoms with van der Waals surface area (Å²) in [5.74, 6) is 1.37. The topological polar surface area (TPSA) is 78.3 Å². The molecule has 1 amide bonds. The Morgan fingerprint density at radius 3 is 2.62 bits per heavy atom. The molecule has 1 N–H and O–H groups in total. The van der Waals surface area contributed by atoms with Gasteiger partial charge in [0.15, 0.2) is 0 Å². The molecule has 1 unspecified atom stereocenters. The average molecular weight is 431 g/mol. The molecule has 0 aliphatic carbocycles. The van der Waals surface area contributed by atoms with Crippen molar-refractivity contribution < 1.29 is 14.3 Å². The fourth-order valence-corrected chi connectivity index (χ4v) is 3.86. The first-order valence-electron chi connectivity index (χ1n) is 10.5. The smallest absolute Gasteiger partial charge is 0.222 e. The van der Waals surface area contributed by atoms with Crippen LogP contribution in [-0.4, -0.2) is 34.7 Å². The minimum absolute atomic E-state index is 0.0548. The maximum absolute atomic E-state index is 12.8. The summed E-state index contributed by atoms with van der Waals surface area (Å²) < 4.78 is 12.9. The fourth-order valence-electron chi connectivity index (χ4n) is 3.86. The second-order valence-electron chi connectivity index (χ2n) is 7.48. The number of rotatable bonds is 8. The Bertz CT molecular complexity index is 1220. The molecule has 7 heteroatoms. The third-order valence-electron chi connectivity index (χ3n) is 5.47. The summed E-state index contributed by atoms with van der Waals surface area (Å²) >= 11 is 0. The van der Waals surface area contributed by atoms with Crippen LogP contribution in [0.25, 0.3) is 22.3 Å². The first kappa shape index (κ1) is 21.4. The van der Waals surface area contributed by atoms with E-state index in [1.54, 1.807) is 32.8 Å². The maximum Gasteiger partial charge on any atom is 0.222 e. The molecule has 7 nitrogen and oxygen atoms in total. The summed E-state index contributed by atoms with van der Waals surface area (Å²) in [7, 11) is 3.23. The number of methoxy groups -OCH3 is 2. The van der Waals surface area contributed by atoms with Crippen LogP contribution in [0.3, 0.4) is 0 Å². The number of carbonyl (C=O) groups excluding carboxylic acids is 1. The number of hydrogen-bond donors (Lipinski definition) is 1. The van der Waals surface area contributed by atoms with Crippen LogP contribution < -0.4 is 14.8 Å². The minimum atomic E-state index is -0.230. The van der Waals surface area contributed by atoms with Crippen molar-refractivity contribution in [2.75, 3.05) is 14.2 Å². The van der Waals surface area contributed by atoms with Crippen molar-refractivity contribution in [1.29, 1.82) is 0 Å². The number of fused-ring (bicyclic) bond motifs is 1. The summed E-state index contributed by atoms with van der Waals surface area (Å²) in [5.41, 5.74) is 3.77. The molecule has 0 bridgehead atoms. The molecule has 1 aromatic carbocycles. The number of nitrogens with zero attached hydrogens (tertiary/aromatic N) is 3. The van der Waals surface area contributed by atoms with Crippen molar-refractivity contribution in [2.24, 2.45) is 0 Å². The van der Waals surface area contributed by atoms with Gasteiger partial charge in [0.2, 0.25) is 5.91 Å². The van der Waals surface area contributed by atoms with E-state index < -0.39 is 0 Å². The van der Waals surface area contributed by atoms with Gasteiger partial charge in [-0.05, 0) is 55.5 Å². The Labute approximate surface area is 187 Å².